The van der Waals surface area contributed by atoms with Gasteiger partial charge in [-0.15, -0.1) is 0 Å². The van der Waals surface area contributed by atoms with Gasteiger partial charge < -0.3 is 9.84 Å². The van der Waals surface area contributed by atoms with Crippen LogP contribution in [0, 0.1) is 0 Å². The fraction of sp³-hybridized carbons (Fsp3) is 0.154. The maximum absolute atomic E-state index is 10.7. The highest BCUT2D eigenvalue weighted by atomic mass is 79.9. The number of hydrogen-bond donors (Lipinski definition) is 1. The minimum Gasteiger partial charge on any atom is -0.479 e. The van der Waals surface area contributed by atoms with Crippen molar-refractivity contribution in [2.24, 2.45) is 0 Å². The van der Waals surface area contributed by atoms with E-state index in [2.05, 4.69) is 15.9 Å². The van der Waals surface area contributed by atoms with Crippen molar-refractivity contribution >= 4 is 32.7 Å². The Bertz CT molecular complexity index is 566. The van der Waals surface area contributed by atoms with Crippen molar-refractivity contribution in [1.82, 2.24) is 0 Å². The summed E-state index contributed by atoms with van der Waals surface area (Å²) in [5.41, 5.74) is 0. The molecule has 0 saturated heterocycles. The third-order valence-corrected chi connectivity index (χ3v) is 2.93. The van der Waals surface area contributed by atoms with Crippen LogP contribution in [0.2, 0.25) is 0 Å². The molecule has 0 aromatic heterocycles. The van der Waals surface area contributed by atoms with Gasteiger partial charge >= 0.3 is 5.97 Å². The summed E-state index contributed by atoms with van der Waals surface area (Å²) in [5.74, 6) is -0.412. The molecule has 2 aromatic rings. The SMILES string of the molecule is CC(Oc1ccc2ccc(Br)cc2c1)C(=O)O. The zero-order chi connectivity index (χ0) is 12.4. The van der Waals surface area contributed by atoms with Gasteiger partial charge in [-0.3, -0.25) is 0 Å². The van der Waals surface area contributed by atoms with Crippen molar-refractivity contribution in [2.75, 3.05) is 0 Å². The minimum atomic E-state index is -0.973. The fourth-order valence-corrected chi connectivity index (χ4v) is 1.90. The highest BCUT2D eigenvalue weighted by molar-refractivity contribution is 9.10. The number of benzene rings is 2. The second-order valence-electron chi connectivity index (χ2n) is 3.75. The van der Waals surface area contributed by atoms with E-state index in [9.17, 15) is 4.79 Å². The lowest BCUT2D eigenvalue weighted by Gasteiger charge is -2.11. The largest absolute Gasteiger partial charge is 0.479 e. The van der Waals surface area contributed by atoms with Crippen molar-refractivity contribution in [1.29, 1.82) is 0 Å². The van der Waals surface area contributed by atoms with Gasteiger partial charge in [0.1, 0.15) is 5.75 Å². The molecule has 0 spiro atoms. The molecule has 2 aromatic carbocycles. The molecule has 0 aliphatic carbocycles. The molecule has 1 atom stereocenters. The van der Waals surface area contributed by atoms with E-state index in [-0.39, 0.29) is 0 Å². The van der Waals surface area contributed by atoms with Gasteiger partial charge in [-0.1, -0.05) is 28.1 Å². The Balaban J connectivity index is 2.33. The molecule has 2 rings (SSSR count). The first-order valence-electron chi connectivity index (χ1n) is 5.15. The molecule has 0 radical (unpaired) electrons. The van der Waals surface area contributed by atoms with E-state index in [0.29, 0.717) is 5.75 Å². The Kier molecular flexibility index (Phi) is 3.33. The summed E-state index contributed by atoms with van der Waals surface area (Å²) in [7, 11) is 0. The summed E-state index contributed by atoms with van der Waals surface area (Å²) in [6.07, 6.45) is -0.848. The molecule has 4 heteroatoms. The second-order valence-corrected chi connectivity index (χ2v) is 4.67. The van der Waals surface area contributed by atoms with Crippen LogP contribution in [0.4, 0.5) is 0 Å². The van der Waals surface area contributed by atoms with Crippen molar-refractivity contribution in [3.63, 3.8) is 0 Å². The summed E-state index contributed by atoms with van der Waals surface area (Å²) >= 11 is 3.40. The van der Waals surface area contributed by atoms with Gasteiger partial charge in [0.25, 0.3) is 0 Å². The summed E-state index contributed by atoms with van der Waals surface area (Å²) in [6, 6.07) is 11.4. The van der Waals surface area contributed by atoms with E-state index in [4.69, 9.17) is 9.84 Å². The minimum absolute atomic E-state index is 0.561. The number of carboxylic acid groups (broad SMARTS) is 1. The first kappa shape index (κ1) is 11.9. The van der Waals surface area contributed by atoms with E-state index in [1.54, 1.807) is 6.07 Å². The topological polar surface area (TPSA) is 46.5 Å². The van der Waals surface area contributed by atoms with Crippen molar-refractivity contribution in [3.05, 3.63) is 40.9 Å². The molecule has 0 bridgehead atoms. The second kappa shape index (κ2) is 4.75. The molecule has 0 saturated carbocycles. The first-order valence-corrected chi connectivity index (χ1v) is 5.94. The Morgan fingerprint density at radius 1 is 1.24 bits per heavy atom. The Morgan fingerprint density at radius 2 is 1.94 bits per heavy atom. The van der Waals surface area contributed by atoms with E-state index in [1.165, 1.54) is 6.92 Å². The van der Waals surface area contributed by atoms with Gasteiger partial charge in [-0.2, -0.15) is 0 Å². The summed E-state index contributed by atoms with van der Waals surface area (Å²) < 4.78 is 6.29. The van der Waals surface area contributed by atoms with E-state index >= 15 is 0 Å². The maximum Gasteiger partial charge on any atom is 0.344 e. The Hall–Kier alpha value is -1.55. The lowest BCUT2D eigenvalue weighted by Crippen LogP contribution is -2.22. The van der Waals surface area contributed by atoms with Crippen LogP contribution in [0.1, 0.15) is 6.92 Å². The number of fused-ring (bicyclic) bond motifs is 1. The molecule has 0 aliphatic rings. The average Bonchev–Trinajstić information content (AvgIpc) is 2.28. The number of carbonyl (C=O) groups is 1. The predicted octanol–water partition coefficient (Wildman–Crippen LogP) is 3.45. The first-order chi connectivity index (χ1) is 8.06. The lowest BCUT2D eigenvalue weighted by molar-refractivity contribution is -0.144. The van der Waals surface area contributed by atoms with Gasteiger partial charge in [0.05, 0.1) is 0 Å². The summed E-state index contributed by atoms with van der Waals surface area (Å²) in [6.45, 7) is 1.51. The molecule has 3 nitrogen and oxygen atoms in total. The summed E-state index contributed by atoms with van der Waals surface area (Å²) in [5, 5.41) is 10.9. The molecule has 17 heavy (non-hydrogen) atoms. The molecule has 0 heterocycles. The van der Waals surface area contributed by atoms with Crippen LogP contribution >= 0.6 is 15.9 Å². The molecule has 0 fully saturated rings. The van der Waals surface area contributed by atoms with Gasteiger partial charge in [0.2, 0.25) is 0 Å². The standard InChI is InChI=1S/C13H11BrO3/c1-8(13(15)16)17-12-5-3-9-2-4-11(14)6-10(9)7-12/h2-8H,1H3,(H,15,16). The highest BCUT2D eigenvalue weighted by Gasteiger charge is 2.12. The van der Waals surface area contributed by atoms with E-state index in [1.807, 2.05) is 30.3 Å². The molecule has 88 valence electrons. The molecule has 1 unspecified atom stereocenters. The monoisotopic (exact) mass is 294 g/mol. The van der Waals surface area contributed by atoms with E-state index in [0.717, 1.165) is 15.2 Å². The molecular weight excluding hydrogens is 284 g/mol. The zero-order valence-corrected chi connectivity index (χ0v) is 10.8. The third kappa shape index (κ3) is 2.77. The maximum atomic E-state index is 10.7. The Morgan fingerprint density at radius 3 is 2.65 bits per heavy atom. The number of rotatable bonds is 3. The van der Waals surface area contributed by atoms with Gasteiger partial charge in [0, 0.05) is 4.47 Å². The van der Waals surface area contributed by atoms with Crippen molar-refractivity contribution < 1.29 is 14.6 Å². The Labute approximate surface area is 107 Å². The molecular formula is C13H11BrO3. The summed E-state index contributed by atoms with van der Waals surface area (Å²) in [4.78, 5) is 10.7. The van der Waals surface area contributed by atoms with Gasteiger partial charge in [-0.25, -0.2) is 4.79 Å². The molecule has 0 amide bonds. The van der Waals surface area contributed by atoms with Crippen LogP contribution in [-0.2, 0) is 4.79 Å². The molecule has 1 N–H and O–H groups in total. The smallest absolute Gasteiger partial charge is 0.344 e. The average molecular weight is 295 g/mol. The number of ether oxygens (including phenoxy) is 1. The number of carboxylic acids is 1. The van der Waals surface area contributed by atoms with Crippen molar-refractivity contribution in [3.8, 4) is 5.75 Å². The number of hydrogen-bond acceptors (Lipinski definition) is 2. The van der Waals surface area contributed by atoms with Gasteiger partial charge in [0.15, 0.2) is 6.10 Å². The lowest BCUT2D eigenvalue weighted by atomic mass is 10.1. The van der Waals surface area contributed by atoms with Crippen LogP contribution < -0.4 is 4.74 Å². The number of aliphatic carboxylic acids is 1. The fourth-order valence-electron chi connectivity index (χ4n) is 1.52. The molecule has 0 aliphatic heterocycles. The van der Waals surface area contributed by atoms with Crippen LogP contribution in [0.25, 0.3) is 10.8 Å². The third-order valence-electron chi connectivity index (χ3n) is 2.43. The normalized spacial score (nSPS) is 12.4. The number of halogens is 1. The van der Waals surface area contributed by atoms with Crippen LogP contribution in [0.3, 0.4) is 0 Å². The van der Waals surface area contributed by atoms with Gasteiger partial charge in [-0.05, 0) is 42.0 Å². The van der Waals surface area contributed by atoms with Crippen LogP contribution in [0.5, 0.6) is 5.75 Å². The van der Waals surface area contributed by atoms with Crippen LogP contribution in [0.15, 0.2) is 40.9 Å². The quantitative estimate of drug-likeness (QED) is 0.943. The highest BCUT2D eigenvalue weighted by Crippen LogP contribution is 2.24. The van der Waals surface area contributed by atoms with Crippen molar-refractivity contribution in [2.45, 2.75) is 13.0 Å². The van der Waals surface area contributed by atoms with E-state index < -0.39 is 12.1 Å². The predicted molar refractivity (Wildman–Crippen MR) is 69.4 cm³/mol. The zero-order valence-electron chi connectivity index (χ0n) is 9.18. The van der Waals surface area contributed by atoms with Crippen LogP contribution in [-0.4, -0.2) is 17.2 Å².